The molecule has 0 unspecified atom stereocenters. The lowest BCUT2D eigenvalue weighted by Gasteiger charge is -2.31. The molecule has 0 N–H and O–H groups in total. The lowest BCUT2D eigenvalue weighted by molar-refractivity contribution is -0.0126. The molecule has 2 heterocycles. The zero-order valence-corrected chi connectivity index (χ0v) is 14.4. The molecule has 1 aliphatic heterocycles. The van der Waals surface area contributed by atoms with Gasteiger partial charge in [0, 0.05) is 24.3 Å². The summed E-state index contributed by atoms with van der Waals surface area (Å²) < 4.78 is 20.6. The van der Waals surface area contributed by atoms with Gasteiger partial charge in [-0.25, -0.2) is 9.07 Å². The Balaban J connectivity index is 1.73. The number of hydrogen-bond donors (Lipinski definition) is 0. The Bertz CT molecular complexity index is 785. The minimum absolute atomic E-state index is 0.0193. The molecule has 0 saturated carbocycles. The van der Waals surface area contributed by atoms with Gasteiger partial charge >= 0.3 is 0 Å². The number of hydrogen-bond acceptors (Lipinski definition) is 3. The molecule has 1 fully saturated rings. The van der Waals surface area contributed by atoms with E-state index in [4.69, 9.17) is 4.74 Å². The summed E-state index contributed by atoms with van der Waals surface area (Å²) in [5.74, 6) is -0.294. The Morgan fingerprint density at radius 1 is 1.24 bits per heavy atom. The maximum Gasteiger partial charge on any atom is 0.274 e. The fourth-order valence-corrected chi connectivity index (χ4v) is 3.72. The van der Waals surface area contributed by atoms with Crippen molar-refractivity contribution in [3.63, 3.8) is 0 Å². The van der Waals surface area contributed by atoms with Gasteiger partial charge in [0.2, 0.25) is 0 Å². The molecule has 2 aromatic rings. The number of morpholine rings is 1. The van der Waals surface area contributed by atoms with E-state index in [0.717, 1.165) is 42.6 Å². The van der Waals surface area contributed by atoms with Crippen LogP contribution < -0.4 is 0 Å². The molecule has 1 aliphatic carbocycles. The summed E-state index contributed by atoms with van der Waals surface area (Å²) in [7, 11) is 0. The molecule has 0 bridgehead atoms. The van der Waals surface area contributed by atoms with Crippen LogP contribution >= 0.6 is 0 Å². The molecular weight excluding hydrogens is 321 g/mol. The smallest absolute Gasteiger partial charge is 0.274 e. The largest absolute Gasteiger partial charge is 0.375 e. The zero-order valence-electron chi connectivity index (χ0n) is 14.4. The quantitative estimate of drug-likeness (QED) is 0.842. The number of halogens is 1. The van der Waals surface area contributed by atoms with E-state index in [9.17, 15) is 9.18 Å². The van der Waals surface area contributed by atoms with Crippen molar-refractivity contribution in [1.82, 2.24) is 14.7 Å². The van der Waals surface area contributed by atoms with Gasteiger partial charge in [-0.15, -0.1) is 0 Å². The zero-order chi connectivity index (χ0) is 17.4. The third-order valence-electron chi connectivity index (χ3n) is 4.98. The second-order valence-electron chi connectivity index (χ2n) is 6.80. The predicted molar refractivity (Wildman–Crippen MR) is 91.5 cm³/mol. The minimum Gasteiger partial charge on any atom is -0.375 e. The molecule has 1 aromatic heterocycles. The highest BCUT2D eigenvalue weighted by Gasteiger charge is 2.30. The number of carbonyl (C=O) groups excluding carboxylic acids is 1. The molecule has 5 nitrogen and oxygen atoms in total. The van der Waals surface area contributed by atoms with E-state index in [1.54, 1.807) is 12.1 Å². The third kappa shape index (κ3) is 3.06. The molecule has 0 spiro atoms. The van der Waals surface area contributed by atoms with Crippen LogP contribution in [0, 0.1) is 5.82 Å². The van der Waals surface area contributed by atoms with Crippen LogP contribution in [0.4, 0.5) is 4.39 Å². The average molecular weight is 343 g/mol. The first-order valence-corrected chi connectivity index (χ1v) is 8.91. The van der Waals surface area contributed by atoms with Crippen molar-refractivity contribution in [3.05, 3.63) is 47.0 Å². The van der Waals surface area contributed by atoms with E-state index in [0.29, 0.717) is 25.4 Å². The molecule has 1 amide bonds. The predicted octanol–water partition coefficient (Wildman–Crippen LogP) is 2.75. The van der Waals surface area contributed by atoms with Gasteiger partial charge in [-0.05, 0) is 56.9 Å². The third-order valence-corrected chi connectivity index (χ3v) is 4.98. The SMILES string of the molecule is C[C@@H]1CN(C(=O)c2nn(-c3ccc(F)cc3)c3c2CCCC3)CCO1. The summed E-state index contributed by atoms with van der Waals surface area (Å²) in [5.41, 5.74) is 3.49. The van der Waals surface area contributed by atoms with Gasteiger partial charge < -0.3 is 9.64 Å². The van der Waals surface area contributed by atoms with Crippen molar-refractivity contribution in [2.45, 2.75) is 38.7 Å². The number of nitrogens with zero attached hydrogens (tertiary/aromatic N) is 3. The van der Waals surface area contributed by atoms with Crippen LogP contribution in [0.3, 0.4) is 0 Å². The Labute approximate surface area is 146 Å². The molecule has 132 valence electrons. The van der Waals surface area contributed by atoms with E-state index in [1.807, 2.05) is 16.5 Å². The summed E-state index contributed by atoms with van der Waals surface area (Å²) in [6, 6.07) is 6.28. The van der Waals surface area contributed by atoms with Crippen LogP contribution in [0.5, 0.6) is 0 Å². The lowest BCUT2D eigenvalue weighted by atomic mass is 9.95. The lowest BCUT2D eigenvalue weighted by Crippen LogP contribution is -2.45. The van der Waals surface area contributed by atoms with Crippen molar-refractivity contribution < 1.29 is 13.9 Å². The maximum absolute atomic E-state index is 13.3. The number of aromatic nitrogens is 2. The van der Waals surface area contributed by atoms with Gasteiger partial charge in [0.1, 0.15) is 5.82 Å². The van der Waals surface area contributed by atoms with Gasteiger partial charge in [0.25, 0.3) is 5.91 Å². The molecule has 4 rings (SSSR count). The Hall–Kier alpha value is -2.21. The first-order chi connectivity index (χ1) is 12.1. The number of amides is 1. The fourth-order valence-electron chi connectivity index (χ4n) is 3.72. The first-order valence-electron chi connectivity index (χ1n) is 8.91. The second-order valence-corrected chi connectivity index (χ2v) is 6.80. The number of benzene rings is 1. The van der Waals surface area contributed by atoms with Crippen molar-refractivity contribution in [1.29, 1.82) is 0 Å². The minimum atomic E-state index is -0.275. The normalized spacial score (nSPS) is 20.4. The summed E-state index contributed by atoms with van der Waals surface area (Å²) in [4.78, 5) is 14.9. The van der Waals surface area contributed by atoms with Crippen molar-refractivity contribution in [3.8, 4) is 5.69 Å². The van der Waals surface area contributed by atoms with Gasteiger partial charge in [-0.1, -0.05) is 0 Å². The van der Waals surface area contributed by atoms with Crippen LogP contribution in [0.15, 0.2) is 24.3 Å². The highest BCUT2D eigenvalue weighted by molar-refractivity contribution is 5.94. The van der Waals surface area contributed by atoms with Crippen LogP contribution in [0.2, 0.25) is 0 Å². The van der Waals surface area contributed by atoms with E-state index in [2.05, 4.69) is 5.10 Å². The molecule has 2 aliphatic rings. The van der Waals surface area contributed by atoms with Crippen LogP contribution in [0.1, 0.15) is 41.5 Å². The van der Waals surface area contributed by atoms with E-state index in [-0.39, 0.29) is 17.8 Å². The Kier molecular flexibility index (Phi) is 4.29. The topological polar surface area (TPSA) is 47.4 Å². The van der Waals surface area contributed by atoms with Gasteiger partial charge in [-0.3, -0.25) is 4.79 Å². The van der Waals surface area contributed by atoms with E-state index in [1.165, 1.54) is 12.1 Å². The van der Waals surface area contributed by atoms with Gasteiger partial charge in [0.15, 0.2) is 5.69 Å². The number of rotatable bonds is 2. The van der Waals surface area contributed by atoms with Gasteiger partial charge in [-0.2, -0.15) is 5.10 Å². The molecule has 1 atom stereocenters. The van der Waals surface area contributed by atoms with Crippen molar-refractivity contribution >= 4 is 5.91 Å². The van der Waals surface area contributed by atoms with Crippen LogP contribution in [0.25, 0.3) is 5.69 Å². The first kappa shape index (κ1) is 16.3. The number of carbonyl (C=O) groups is 1. The second kappa shape index (κ2) is 6.59. The summed E-state index contributed by atoms with van der Waals surface area (Å²) in [5, 5.41) is 4.65. The standard InChI is InChI=1S/C19H22FN3O2/c1-13-12-22(10-11-25-13)19(24)18-16-4-2-3-5-17(16)23(21-18)15-8-6-14(20)7-9-15/h6-9,13H,2-5,10-12H2,1H3/t13-/m1/s1. The highest BCUT2D eigenvalue weighted by Crippen LogP contribution is 2.28. The molecule has 6 heteroatoms. The Morgan fingerprint density at radius 2 is 2.00 bits per heavy atom. The maximum atomic E-state index is 13.3. The molecule has 25 heavy (non-hydrogen) atoms. The molecule has 1 saturated heterocycles. The summed E-state index contributed by atoms with van der Waals surface area (Å²) >= 11 is 0. The number of fused-ring (bicyclic) bond motifs is 1. The van der Waals surface area contributed by atoms with E-state index >= 15 is 0 Å². The van der Waals surface area contributed by atoms with Crippen molar-refractivity contribution in [2.24, 2.45) is 0 Å². The van der Waals surface area contributed by atoms with Crippen molar-refractivity contribution in [2.75, 3.05) is 19.7 Å². The Morgan fingerprint density at radius 3 is 2.76 bits per heavy atom. The van der Waals surface area contributed by atoms with Gasteiger partial charge in [0.05, 0.1) is 18.4 Å². The fraction of sp³-hybridized carbons (Fsp3) is 0.474. The highest BCUT2D eigenvalue weighted by atomic mass is 19.1. The molecule has 0 radical (unpaired) electrons. The van der Waals surface area contributed by atoms with E-state index < -0.39 is 0 Å². The van der Waals surface area contributed by atoms with Crippen LogP contribution in [-0.4, -0.2) is 46.4 Å². The average Bonchev–Trinajstić information content (AvgIpc) is 3.01. The monoisotopic (exact) mass is 343 g/mol. The molecular formula is C19H22FN3O2. The summed E-state index contributed by atoms with van der Waals surface area (Å²) in [6.45, 7) is 3.73. The summed E-state index contributed by atoms with van der Waals surface area (Å²) in [6.07, 6.45) is 3.97. The molecule has 1 aromatic carbocycles. The van der Waals surface area contributed by atoms with Crippen LogP contribution in [-0.2, 0) is 17.6 Å². The number of ether oxygens (including phenoxy) is 1.